The van der Waals surface area contributed by atoms with Gasteiger partial charge in [0.15, 0.2) is 0 Å². The van der Waals surface area contributed by atoms with Crippen LogP contribution in [-0.4, -0.2) is 87.5 Å². The van der Waals surface area contributed by atoms with E-state index in [2.05, 4.69) is 6.58 Å². The lowest BCUT2D eigenvalue weighted by Gasteiger charge is -2.57. The molecule has 2 heterocycles. The first kappa shape index (κ1) is 24.8. The van der Waals surface area contributed by atoms with Crippen LogP contribution in [0, 0.1) is 39.9 Å². The SMILES string of the molecule is C=C1C[C@]23C[C@H]1CC[C@H]2[C@@]12CC[C@H](O)[C@](C)(C(=O)OC1)[C@H]2[C@@H]3C(=O)O[C@@H]1O[C@H](CO)[C@@H](O)[C@H](O)[C@H]1O. The number of carbonyl (C=O) groups excluding carboxylic acids is 2. The summed E-state index contributed by atoms with van der Waals surface area (Å²) in [6, 6.07) is 0. The summed E-state index contributed by atoms with van der Waals surface area (Å²) in [7, 11) is 0. The minimum atomic E-state index is -1.72. The molecule has 6 aliphatic rings. The van der Waals surface area contributed by atoms with Crippen LogP contribution in [0.15, 0.2) is 12.2 Å². The van der Waals surface area contributed by atoms with E-state index in [0.717, 1.165) is 24.8 Å². The minimum absolute atomic E-state index is 0.0813. The van der Waals surface area contributed by atoms with E-state index in [0.29, 0.717) is 19.3 Å². The van der Waals surface area contributed by atoms with Gasteiger partial charge < -0.3 is 39.7 Å². The molecule has 1 spiro atoms. The second-order valence-electron chi connectivity index (χ2n) is 12.3. The number of aliphatic hydroxyl groups is 5. The standard InChI is InChI=1S/C26H36O10/c1-11-7-26-8-12(11)3-4-14(26)25-6-5-15(28)24(2,23(33)34-10-25)20(25)16(26)21(32)36-22-19(31)18(30)17(29)13(9-27)35-22/h12-20,22,27-31H,1,3-10H2,2H3/t12-,13-,14+,15+,16-,17-,18+,19-,20-,22+,24+,25-,26+/m1/s1. The molecule has 0 amide bonds. The number of rotatable bonds is 3. The van der Waals surface area contributed by atoms with Crippen LogP contribution < -0.4 is 0 Å². The number of esters is 2. The van der Waals surface area contributed by atoms with Gasteiger partial charge in [0.1, 0.15) is 24.4 Å². The molecule has 4 saturated carbocycles. The van der Waals surface area contributed by atoms with E-state index in [1.54, 1.807) is 6.92 Å². The Hall–Kier alpha value is -1.56. The van der Waals surface area contributed by atoms with Crippen LogP contribution in [0.3, 0.4) is 0 Å². The first-order valence-electron chi connectivity index (χ1n) is 13.0. The Balaban J connectivity index is 1.42. The van der Waals surface area contributed by atoms with Crippen molar-refractivity contribution in [2.45, 2.75) is 82.3 Å². The highest BCUT2D eigenvalue weighted by molar-refractivity contribution is 5.83. The summed E-state index contributed by atoms with van der Waals surface area (Å²) in [4.78, 5) is 27.4. The highest BCUT2D eigenvalue weighted by Crippen LogP contribution is 2.78. The predicted octanol–water partition coefficient (Wildman–Crippen LogP) is -0.358. The van der Waals surface area contributed by atoms with Crippen molar-refractivity contribution in [1.82, 2.24) is 0 Å². The first-order chi connectivity index (χ1) is 17.0. The second kappa shape index (κ2) is 7.97. The molecule has 36 heavy (non-hydrogen) atoms. The van der Waals surface area contributed by atoms with Crippen LogP contribution in [0.5, 0.6) is 0 Å². The molecule has 13 atom stereocenters. The molecule has 5 N–H and O–H groups in total. The van der Waals surface area contributed by atoms with Gasteiger partial charge in [0.05, 0.1) is 30.7 Å². The number of allylic oxidation sites excluding steroid dienone is 1. The fourth-order valence-electron chi connectivity index (χ4n) is 9.45. The zero-order valence-corrected chi connectivity index (χ0v) is 20.4. The fourth-order valence-corrected chi connectivity index (χ4v) is 9.45. The maximum absolute atomic E-state index is 14.1. The number of fused-ring (bicyclic) bond motifs is 1. The maximum atomic E-state index is 14.1. The van der Waals surface area contributed by atoms with Crippen molar-refractivity contribution in [3.63, 3.8) is 0 Å². The molecule has 10 heteroatoms. The lowest BCUT2D eigenvalue weighted by Crippen LogP contribution is -2.64. The fraction of sp³-hybridized carbons (Fsp3) is 0.846. The van der Waals surface area contributed by atoms with Gasteiger partial charge in [-0.1, -0.05) is 12.2 Å². The van der Waals surface area contributed by atoms with E-state index in [1.807, 2.05) is 0 Å². The summed E-state index contributed by atoms with van der Waals surface area (Å²) in [5.41, 5.74) is -1.20. The topological polar surface area (TPSA) is 163 Å². The van der Waals surface area contributed by atoms with Crippen LogP contribution in [0.25, 0.3) is 0 Å². The number of aliphatic hydroxyl groups excluding tert-OH is 5. The Morgan fingerprint density at radius 2 is 1.86 bits per heavy atom. The van der Waals surface area contributed by atoms with Gasteiger partial charge in [-0.2, -0.15) is 0 Å². The molecule has 2 aliphatic heterocycles. The summed E-state index contributed by atoms with van der Waals surface area (Å²) in [6.07, 6.45) is -4.48. The van der Waals surface area contributed by atoms with Crippen molar-refractivity contribution in [2.24, 2.45) is 39.9 Å². The Bertz CT molecular complexity index is 982. The van der Waals surface area contributed by atoms with E-state index in [9.17, 15) is 35.1 Å². The van der Waals surface area contributed by atoms with Crippen molar-refractivity contribution < 1.29 is 49.3 Å². The number of hydrogen-bond acceptors (Lipinski definition) is 10. The molecule has 6 fully saturated rings. The summed E-state index contributed by atoms with van der Waals surface area (Å²) in [6.45, 7) is 5.56. The van der Waals surface area contributed by atoms with Gasteiger partial charge in [0.25, 0.3) is 0 Å². The van der Waals surface area contributed by atoms with Gasteiger partial charge in [-0.15, -0.1) is 0 Å². The van der Waals surface area contributed by atoms with E-state index >= 15 is 0 Å². The van der Waals surface area contributed by atoms with Gasteiger partial charge in [0.2, 0.25) is 6.29 Å². The smallest absolute Gasteiger partial charge is 0.314 e. The first-order valence-corrected chi connectivity index (χ1v) is 13.0. The Kier molecular flexibility index (Phi) is 5.48. The number of carbonyl (C=O) groups is 2. The third kappa shape index (κ3) is 2.88. The van der Waals surface area contributed by atoms with Gasteiger partial charge >= 0.3 is 11.9 Å². The molecule has 6 rings (SSSR count). The summed E-state index contributed by atoms with van der Waals surface area (Å²) < 4.78 is 16.9. The zero-order valence-electron chi connectivity index (χ0n) is 20.4. The van der Waals surface area contributed by atoms with Gasteiger partial charge in [0, 0.05) is 11.3 Å². The van der Waals surface area contributed by atoms with E-state index < -0.39 is 83.4 Å². The number of cyclic esters (lactones) is 1. The van der Waals surface area contributed by atoms with Gasteiger partial charge in [-0.3, -0.25) is 9.59 Å². The summed E-state index contributed by atoms with van der Waals surface area (Å²) in [5, 5.41) is 51.5. The molecule has 0 aromatic heterocycles. The molecule has 4 aliphatic carbocycles. The van der Waals surface area contributed by atoms with Crippen molar-refractivity contribution in [3.8, 4) is 0 Å². The van der Waals surface area contributed by atoms with Crippen LogP contribution in [0.1, 0.15) is 45.4 Å². The maximum Gasteiger partial charge on any atom is 0.314 e. The molecular formula is C26H36O10. The molecule has 0 aromatic rings. The molecule has 0 aromatic carbocycles. The summed E-state index contributed by atoms with van der Waals surface area (Å²) in [5.74, 6) is -2.12. The van der Waals surface area contributed by atoms with Crippen LogP contribution in [0.4, 0.5) is 0 Å². The van der Waals surface area contributed by atoms with E-state index in [1.165, 1.54) is 0 Å². The molecule has 0 unspecified atom stereocenters. The predicted molar refractivity (Wildman–Crippen MR) is 121 cm³/mol. The Morgan fingerprint density at radius 1 is 1.11 bits per heavy atom. The van der Waals surface area contributed by atoms with Crippen molar-refractivity contribution >= 4 is 11.9 Å². The monoisotopic (exact) mass is 508 g/mol. The lowest BCUT2D eigenvalue weighted by atomic mass is 9.50. The van der Waals surface area contributed by atoms with Crippen LogP contribution >= 0.6 is 0 Å². The normalized spacial score (nSPS) is 55.5. The van der Waals surface area contributed by atoms with Crippen molar-refractivity contribution in [2.75, 3.05) is 13.2 Å². The van der Waals surface area contributed by atoms with Gasteiger partial charge in [-0.25, -0.2) is 0 Å². The third-order valence-corrected chi connectivity index (χ3v) is 11.0. The molecule has 2 saturated heterocycles. The average Bonchev–Trinajstić information content (AvgIpc) is 3.26. The Morgan fingerprint density at radius 3 is 2.58 bits per heavy atom. The van der Waals surface area contributed by atoms with Crippen molar-refractivity contribution in [3.05, 3.63) is 12.2 Å². The van der Waals surface area contributed by atoms with E-state index in [-0.39, 0.29) is 18.4 Å². The van der Waals surface area contributed by atoms with Gasteiger partial charge in [-0.05, 0) is 62.7 Å². The van der Waals surface area contributed by atoms with Crippen molar-refractivity contribution in [1.29, 1.82) is 0 Å². The summed E-state index contributed by atoms with van der Waals surface area (Å²) >= 11 is 0. The molecule has 4 bridgehead atoms. The van der Waals surface area contributed by atoms with Crippen LogP contribution in [0.2, 0.25) is 0 Å². The number of hydrogen-bond donors (Lipinski definition) is 5. The second-order valence-corrected chi connectivity index (χ2v) is 12.3. The highest BCUT2D eigenvalue weighted by Gasteiger charge is 2.80. The molecule has 10 nitrogen and oxygen atoms in total. The Labute approximate surface area is 209 Å². The number of ether oxygens (including phenoxy) is 3. The lowest BCUT2D eigenvalue weighted by molar-refractivity contribution is -0.295. The molecular weight excluding hydrogens is 472 g/mol. The van der Waals surface area contributed by atoms with E-state index in [4.69, 9.17) is 14.2 Å². The zero-order chi connectivity index (χ0) is 25.8. The largest absolute Gasteiger partial charge is 0.465 e. The van der Waals surface area contributed by atoms with Crippen LogP contribution in [-0.2, 0) is 23.8 Å². The quantitative estimate of drug-likeness (QED) is 0.251. The third-order valence-electron chi connectivity index (χ3n) is 11.0. The minimum Gasteiger partial charge on any atom is -0.465 e. The molecule has 200 valence electrons. The average molecular weight is 509 g/mol. The highest BCUT2D eigenvalue weighted by atomic mass is 16.7. The molecule has 0 radical (unpaired) electrons.